The summed E-state index contributed by atoms with van der Waals surface area (Å²) in [4.78, 5) is 2.26. The molecule has 0 bridgehead atoms. The van der Waals surface area contributed by atoms with E-state index in [0.29, 0.717) is 18.2 Å². The van der Waals surface area contributed by atoms with Crippen molar-refractivity contribution in [2.45, 2.75) is 13.3 Å². The molecule has 1 rings (SSSR count). The number of rotatable bonds is 6. The molecule has 5 heteroatoms. The summed E-state index contributed by atoms with van der Waals surface area (Å²) in [6, 6.07) is 0. The van der Waals surface area contributed by atoms with Crippen LogP contribution in [0.15, 0.2) is 0 Å². The lowest BCUT2D eigenvalue weighted by Crippen LogP contribution is -2.29. The Morgan fingerprint density at radius 1 is 1.47 bits per heavy atom. The highest BCUT2D eigenvalue weighted by molar-refractivity contribution is 7.91. The highest BCUT2D eigenvalue weighted by Gasteiger charge is 2.22. The molecule has 4 nitrogen and oxygen atoms in total. The summed E-state index contributed by atoms with van der Waals surface area (Å²) in [7, 11) is -0.832. The quantitative estimate of drug-likeness (QED) is 0.701. The Morgan fingerprint density at radius 3 is 2.80 bits per heavy atom. The fourth-order valence-electron chi connectivity index (χ4n) is 1.98. The first-order valence-electron chi connectivity index (χ1n) is 5.64. The van der Waals surface area contributed by atoms with E-state index in [1.54, 1.807) is 6.92 Å². The van der Waals surface area contributed by atoms with Crippen LogP contribution in [0, 0.1) is 5.92 Å². The zero-order valence-electron chi connectivity index (χ0n) is 9.70. The summed E-state index contributed by atoms with van der Waals surface area (Å²) in [5, 5.41) is 3.17. The van der Waals surface area contributed by atoms with Crippen LogP contribution < -0.4 is 5.32 Å². The Bertz CT molecular complexity index is 277. The second kappa shape index (κ2) is 5.82. The maximum Gasteiger partial charge on any atom is 0.151 e. The Kier molecular flexibility index (Phi) is 5.02. The molecule has 1 atom stereocenters. The van der Waals surface area contributed by atoms with Gasteiger partial charge in [-0.15, -0.1) is 0 Å². The zero-order chi connectivity index (χ0) is 11.3. The molecule has 1 aliphatic heterocycles. The van der Waals surface area contributed by atoms with Crippen molar-refractivity contribution in [1.29, 1.82) is 0 Å². The van der Waals surface area contributed by atoms with E-state index in [4.69, 9.17) is 0 Å². The topological polar surface area (TPSA) is 49.4 Å². The third-order valence-corrected chi connectivity index (χ3v) is 4.71. The summed E-state index contributed by atoms with van der Waals surface area (Å²) < 4.78 is 22.6. The zero-order valence-corrected chi connectivity index (χ0v) is 10.5. The van der Waals surface area contributed by atoms with Crippen molar-refractivity contribution < 1.29 is 8.42 Å². The van der Waals surface area contributed by atoms with Crippen LogP contribution in [0.25, 0.3) is 0 Å². The standard InChI is InChI=1S/C10H22N2O2S/c1-3-15(13,14)7-6-12-5-4-10(9-12)8-11-2/h10-11H,3-9H2,1-2H3. The van der Waals surface area contributed by atoms with Crippen molar-refractivity contribution in [2.24, 2.45) is 5.92 Å². The van der Waals surface area contributed by atoms with Gasteiger partial charge in [-0.2, -0.15) is 0 Å². The monoisotopic (exact) mass is 234 g/mol. The minimum absolute atomic E-state index is 0.265. The molecule has 0 aromatic carbocycles. The molecule has 15 heavy (non-hydrogen) atoms. The van der Waals surface area contributed by atoms with Crippen molar-refractivity contribution >= 4 is 9.84 Å². The van der Waals surface area contributed by atoms with Gasteiger partial charge in [-0.3, -0.25) is 0 Å². The van der Waals surface area contributed by atoms with Gasteiger partial charge in [-0.05, 0) is 32.5 Å². The second-order valence-corrected chi connectivity index (χ2v) is 6.72. The van der Waals surface area contributed by atoms with Gasteiger partial charge in [-0.25, -0.2) is 8.42 Å². The van der Waals surface area contributed by atoms with Gasteiger partial charge < -0.3 is 10.2 Å². The molecule has 0 saturated carbocycles. The van der Waals surface area contributed by atoms with E-state index < -0.39 is 9.84 Å². The van der Waals surface area contributed by atoms with Crippen molar-refractivity contribution in [3.63, 3.8) is 0 Å². The van der Waals surface area contributed by atoms with Gasteiger partial charge >= 0.3 is 0 Å². The van der Waals surface area contributed by atoms with Gasteiger partial charge in [0.1, 0.15) is 0 Å². The summed E-state index contributed by atoms with van der Waals surface area (Å²) in [5.41, 5.74) is 0. The fourth-order valence-corrected chi connectivity index (χ4v) is 2.81. The van der Waals surface area contributed by atoms with E-state index in [-0.39, 0.29) is 5.75 Å². The lowest BCUT2D eigenvalue weighted by Gasteiger charge is -2.15. The maximum absolute atomic E-state index is 11.3. The number of nitrogens with one attached hydrogen (secondary N) is 1. The number of hydrogen-bond donors (Lipinski definition) is 1. The van der Waals surface area contributed by atoms with E-state index in [9.17, 15) is 8.42 Å². The highest BCUT2D eigenvalue weighted by Crippen LogP contribution is 2.14. The van der Waals surface area contributed by atoms with Crippen LogP contribution in [-0.4, -0.2) is 58.1 Å². The Hall–Kier alpha value is -0.130. The van der Waals surface area contributed by atoms with Gasteiger partial charge in [0.05, 0.1) is 5.75 Å². The van der Waals surface area contributed by atoms with Crippen LogP contribution in [0.3, 0.4) is 0 Å². The minimum Gasteiger partial charge on any atom is -0.319 e. The molecule has 1 saturated heterocycles. The first-order chi connectivity index (χ1) is 7.07. The van der Waals surface area contributed by atoms with E-state index >= 15 is 0 Å². The summed E-state index contributed by atoms with van der Waals surface area (Å²) in [5.74, 6) is 1.27. The SMILES string of the molecule is CCS(=O)(=O)CCN1CCC(CNC)C1. The molecule has 0 radical (unpaired) electrons. The lowest BCUT2D eigenvalue weighted by atomic mass is 10.1. The highest BCUT2D eigenvalue weighted by atomic mass is 32.2. The third-order valence-electron chi connectivity index (χ3n) is 3.02. The summed E-state index contributed by atoms with van der Waals surface area (Å²) >= 11 is 0. The largest absolute Gasteiger partial charge is 0.319 e. The Morgan fingerprint density at radius 2 is 2.20 bits per heavy atom. The molecule has 90 valence electrons. The summed E-state index contributed by atoms with van der Waals surface area (Å²) in [6.45, 7) is 5.54. The van der Waals surface area contributed by atoms with Crippen LogP contribution in [0.4, 0.5) is 0 Å². The second-order valence-electron chi connectivity index (χ2n) is 4.25. The lowest BCUT2D eigenvalue weighted by molar-refractivity contribution is 0.341. The van der Waals surface area contributed by atoms with Gasteiger partial charge in [-0.1, -0.05) is 6.92 Å². The van der Waals surface area contributed by atoms with Gasteiger partial charge in [0.25, 0.3) is 0 Å². The van der Waals surface area contributed by atoms with E-state index in [0.717, 1.165) is 19.6 Å². The summed E-state index contributed by atoms with van der Waals surface area (Å²) in [6.07, 6.45) is 1.19. The predicted octanol–water partition coefficient (Wildman–Crippen LogP) is -0.0376. The van der Waals surface area contributed by atoms with Gasteiger partial charge in [0.2, 0.25) is 0 Å². The molecule has 0 amide bonds. The Labute approximate surface area is 93.0 Å². The van der Waals surface area contributed by atoms with E-state index in [1.807, 2.05) is 7.05 Å². The molecule has 0 aromatic heterocycles. The predicted molar refractivity (Wildman–Crippen MR) is 62.8 cm³/mol. The van der Waals surface area contributed by atoms with Crippen LogP contribution >= 0.6 is 0 Å². The van der Waals surface area contributed by atoms with E-state index in [2.05, 4.69) is 10.2 Å². The molecule has 1 unspecified atom stereocenters. The van der Waals surface area contributed by atoms with E-state index in [1.165, 1.54) is 6.42 Å². The molecule has 1 N–H and O–H groups in total. The van der Waals surface area contributed by atoms with Crippen molar-refractivity contribution in [3.8, 4) is 0 Å². The normalized spacial score (nSPS) is 23.5. The van der Waals surface area contributed by atoms with Crippen LogP contribution in [0.1, 0.15) is 13.3 Å². The first-order valence-corrected chi connectivity index (χ1v) is 7.47. The maximum atomic E-state index is 11.3. The Balaban J connectivity index is 2.25. The smallest absolute Gasteiger partial charge is 0.151 e. The molecular weight excluding hydrogens is 212 g/mol. The number of nitrogens with zero attached hydrogens (tertiary/aromatic N) is 1. The van der Waals surface area contributed by atoms with Gasteiger partial charge in [0, 0.05) is 18.8 Å². The van der Waals surface area contributed by atoms with Crippen molar-refractivity contribution in [2.75, 3.05) is 44.7 Å². The molecule has 1 fully saturated rings. The third kappa shape index (κ3) is 4.49. The van der Waals surface area contributed by atoms with Crippen LogP contribution in [0.2, 0.25) is 0 Å². The molecule has 1 aliphatic rings. The van der Waals surface area contributed by atoms with Crippen LogP contribution in [-0.2, 0) is 9.84 Å². The molecule has 1 heterocycles. The van der Waals surface area contributed by atoms with Crippen LogP contribution in [0.5, 0.6) is 0 Å². The van der Waals surface area contributed by atoms with Crippen molar-refractivity contribution in [1.82, 2.24) is 10.2 Å². The molecule has 0 spiro atoms. The number of hydrogen-bond acceptors (Lipinski definition) is 4. The molecule has 0 aromatic rings. The van der Waals surface area contributed by atoms with Gasteiger partial charge in [0.15, 0.2) is 9.84 Å². The number of likely N-dealkylation sites (tertiary alicyclic amines) is 1. The first kappa shape index (κ1) is 12.9. The molecular formula is C10H22N2O2S. The average Bonchev–Trinajstić information content (AvgIpc) is 2.64. The van der Waals surface area contributed by atoms with Crippen molar-refractivity contribution in [3.05, 3.63) is 0 Å². The average molecular weight is 234 g/mol. The minimum atomic E-state index is -2.79. The molecule has 0 aliphatic carbocycles. The number of sulfone groups is 1. The fraction of sp³-hybridized carbons (Fsp3) is 1.00.